The highest BCUT2D eigenvalue weighted by Gasteiger charge is 2.10. The molecule has 0 aliphatic heterocycles. The Labute approximate surface area is 102 Å². The number of hydrogen-bond donors (Lipinski definition) is 1. The van der Waals surface area contributed by atoms with Crippen LogP contribution >= 0.6 is 23.1 Å². The zero-order chi connectivity index (χ0) is 11.4. The quantitative estimate of drug-likeness (QED) is 0.668. The van der Waals surface area contributed by atoms with Crippen molar-refractivity contribution in [2.75, 3.05) is 11.5 Å². The Kier molecular flexibility index (Phi) is 3.58. The van der Waals surface area contributed by atoms with Crippen molar-refractivity contribution >= 4 is 28.1 Å². The fourth-order valence-corrected chi connectivity index (χ4v) is 2.92. The van der Waals surface area contributed by atoms with Crippen LogP contribution in [-0.2, 0) is 0 Å². The van der Waals surface area contributed by atoms with Crippen LogP contribution in [0.15, 0.2) is 41.5 Å². The van der Waals surface area contributed by atoms with Gasteiger partial charge in [-0.1, -0.05) is 29.2 Å². The lowest BCUT2D eigenvalue weighted by Crippen LogP contribution is -1.86. The van der Waals surface area contributed by atoms with E-state index in [1.54, 1.807) is 24.2 Å². The van der Waals surface area contributed by atoms with Crippen LogP contribution < -0.4 is 5.73 Å². The van der Waals surface area contributed by atoms with Crippen LogP contribution in [0.4, 0.5) is 5.00 Å². The average molecular weight is 249 g/mol. The molecule has 16 heavy (non-hydrogen) atoms. The third-order valence-electron chi connectivity index (χ3n) is 1.89. The van der Waals surface area contributed by atoms with Crippen LogP contribution in [0.25, 0.3) is 11.3 Å². The molecule has 82 valence electrons. The van der Waals surface area contributed by atoms with Gasteiger partial charge in [0.15, 0.2) is 4.34 Å². The van der Waals surface area contributed by atoms with E-state index in [0.29, 0.717) is 0 Å². The van der Waals surface area contributed by atoms with E-state index < -0.39 is 0 Å². The molecule has 5 heteroatoms. The zero-order valence-electron chi connectivity index (χ0n) is 8.59. The lowest BCUT2D eigenvalue weighted by Gasteiger charge is -1.95. The number of nitrogens with two attached hydrogens (primary N) is 1. The first-order valence-corrected chi connectivity index (χ1v) is 6.52. The lowest BCUT2D eigenvalue weighted by atomic mass is 10.2. The van der Waals surface area contributed by atoms with Crippen molar-refractivity contribution in [1.82, 2.24) is 9.97 Å². The van der Waals surface area contributed by atoms with Gasteiger partial charge in [-0.25, -0.2) is 4.98 Å². The maximum absolute atomic E-state index is 5.93. The summed E-state index contributed by atoms with van der Waals surface area (Å²) in [6.45, 7) is 3.68. The second-order valence-corrected chi connectivity index (χ2v) is 5.33. The van der Waals surface area contributed by atoms with E-state index in [1.807, 2.05) is 18.2 Å². The van der Waals surface area contributed by atoms with E-state index in [4.69, 9.17) is 5.73 Å². The van der Waals surface area contributed by atoms with Crippen LogP contribution in [-0.4, -0.2) is 15.7 Å². The van der Waals surface area contributed by atoms with Gasteiger partial charge in [-0.15, -0.1) is 6.58 Å². The number of thiazole rings is 1. The number of anilines is 1. The number of nitrogen functional groups attached to an aromatic ring is 1. The molecule has 2 aromatic heterocycles. The minimum Gasteiger partial charge on any atom is -0.389 e. The molecule has 0 aliphatic carbocycles. The summed E-state index contributed by atoms with van der Waals surface area (Å²) in [5.74, 6) is 0.847. The summed E-state index contributed by atoms with van der Waals surface area (Å²) >= 11 is 3.14. The molecular formula is C11H11N3S2. The summed E-state index contributed by atoms with van der Waals surface area (Å²) in [7, 11) is 0. The predicted octanol–water partition coefficient (Wildman–Crippen LogP) is 3.07. The van der Waals surface area contributed by atoms with E-state index in [9.17, 15) is 0 Å². The Bertz CT molecular complexity index is 479. The highest BCUT2D eigenvalue weighted by molar-refractivity contribution is 8.01. The summed E-state index contributed by atoms with van der Waals surface area (Å²) in [5.41, 5.74) is 7.72. The second kappa shape index (κ2) is 5.14. The van der Waals surface area contributed by atoms with Crippen LogP contribution in [0.5, 0.6) is 0 Å². The molecule has 0 aromatic carbocycles. The Balaban J connectivity index is 2.28. The molecule has 0 saturated carbocycles. The number of rotatable bonds is 4. The lowest BCUT2D eigenvalue weighted by molar-refractivity contribution is 1.24. The summed E-state index contributed by atoms with van der Waals surface area (Å²) < 4.78 is 0.969. The first-order valence-electron chi connectivity index (χ1n) is 4.71. The van der Waals surface area contributed by atoms with E-state index in [2.05, 4.69) is 16.5 Å². The molecule has 0 amide bonds. The van der Waals surface area contributed by atoms with Crippen LogP contribution in [0, 0.1) is 0 Å². The molecule has 2 aromatic rings. The number of thioether (sulfide) groups is 1. The van der Waals surface area contributed by atoms with Gasteiger partial charge in [0, 0.05) is 23.7 Å². The van der Waals surface area contributed by atoms with Crippen molar-refractivity contribution in [2.45, 2.75) is 4.34 Å². The second-order valence-electron chi connectivity index (χ2n) is 3.03. The Hall–Kier alpha value is -1.33. The van der Waals surface area contributed by atoms with Gasteiger partial charge in [-0.2, -0.15) is 0 Å². The molecule has 0 saturated heterocycles. The third kappa shape index (κ3) is 2.43. The monoisotopic (exact) mass is 249 g/mol. The number of nitrogens with zero attached hydrogens (tertiary/aromatic N) is 2. The number of aromatic nitrogens is 2. The molecule has 0 fully saturated rings. The van der Waals surface area contributed by atoms with Crippen LogP contribution in [0.3, 0.4) is 0 Å². The van der Waals surface area contributed by atoms with E-state index >= 15 is 0 Å². The molecule has 2 rings (SSSR count). The zero-order valence-corrected chi connectivity index (χ0v) is 10.2. The molecule has 0 unspecified atom stereocenters. The van der Waals surface area contributed by atoms with Crippen LogP contribution in [0.1, 0.15) is 0 Å². The maximum Gasteiger partial charge on any atom is 0.152 e. The smallest absolute Gasteiger partial charge is 0.152 e. The highest BCUT2D eigenvalue weighted by atomic mass is 32.2. The van der Waals surface area contributed by atoms with Gasteiger partial charge in [-0.3, -0.25) is 4.98 Å². The van der Waals surface area contributed by atoms with Crippen LogP contribution in [0.2, 0.25) is 0 Å². The number of hydrogen-bond acceptors (Lipinski definition) is 5. The predicted molar refractivity (Wildman–Crippen MR) is 70.7 cm³/mol. The molecule has 2 N–H and O–H groups in total. The van der Waals surface area contributed by atoms with Crippen molar-refractivity contribution in [3.05, 3.63) is 37.2 Å². The fraction of sp³-hybridized carbons (Fsp3) is 0.0909. The average Bonchev–Trinajstić information content (AvgIpc) is 2.69. The van der Waals surface area contributed by atoms with Gasteiger partial charge in [0.25, 0.3) is 0 Å². The maximum atomic E-state index is 5.93. The minimum absolute atomic E-state index is 0.736. The Morgan fingerprint density at radius 1 is 1.56 bits per heavy atom. The summed E-state index contributed by atoms with van der Waals surface area (Å²) in [6.07, 6.45) is 5.36. The fourth-order valence-electron chi connectivity index (χ4n) is 1.21. The SMILES string of the molecule is C=CCSc1nc(-c2cccnc2)c(N)s1. The van der Waals surface area contributed by atoms with Gasteiger partial charge >= 0.3 is 0 Å². The molecule has 0 spiro atoms. The first kappa shape index (κ1) is 11.2. The van der Waals surface area contributed by atoms with Gasteiger partial charge in [-0.05, 0) is 12.1 Å². The minimum atomic E-state index is 0.736. The van der Waals surface area contributed by atoms with Crippen molar-refractivity contribution in [1.29, 1.82) is 0 Å². The van der Waals surface area contributed by atoms with E-state index in [0.717, 1.165) is 26.4 Å². The third-order valence-corrected chi connectivity index (χ3v) is 3.92. The van der Waals surface area contributed by atoms with Gasteiger partial charge in [0.05, 0.1) is 0 Å². The number of pyridine rings is 1. The van der Waals surface area contributed by atoms with Gasteiger partial charge in [0.2, 0.25) is 0 Å². The van der Waals surface area contributed by atoms with Gasteiger partial charge < -0.3 is 5.73 Å². The first-order chi connectivity index (χ1) is 7.81. The molecule has 2 heterocycles. The Morgan fingerprint density at radius 3 is 3.12 bits per heavy atom. The van der Waals surface area contributed by atoms with E-state index in [-0.39, 0.29) is 0 Å². The molecule has 0 radical (unpaired) electrons. The summed E-state index contributed by atoms with van der Waals surface area (Å²) in [4.78, 5) is 8.55. The molecule has 0 bridgehead atoms. The van der Waals surface area contributed by atoms with Gasteiger partial charge in [0.1, 0.15) is 10.7 Å². The highest BCUT2D eigenvalue weighted by Crippen LogP contribution is 2.34. The Morgan fingerprint density at radius 2 is 2.44 bits per heavy atom. The summed E-state index contributed by atoms with van der Waals surface area (Å²) in [5, 5.41) is 0.736. The van der Waals surface area contributed by atoms with Crippen molar-refractivity contribution < 1.29 is 0 Å². The molecule has 3 nitrogen and oxygen atoms in total. The topological polar surface area (TPSA) is 51.8 Å². The van der Waals surface area contributed by atoms with Crippen molar-refractivity contribution in [2.24, 2.45) is 0 Å². The summed E-state index contributed by atoms with van der Waals surface area (Å²) in [6, 6.07) is 3.84. The van der Waals surface area contributed by atoms with E-state index in [1.165, 1.54) is 11.3 Å². The van der Waals surface area contributed by atoms with Crippen molar-refractivity contribution in [3.63, 3.8) is 0 Å². The standard InChI is InChI=1S/C11H11N3S2/c1-2-6-15-11-14-9(10(12)16-11)8-4-3-5-13-7-8/h2-5,7H,1,6,12H2. The largest absolute Gasteiger partial charge is 0.389 e. The molecule has 0 aliphatic rings. The van der Waals surface area contributed by atoms with Crippen molar-refractivity contribution in [3.8, 4) is 11.3 Å². The molecule has 0 atom stereocenters. The molecular weight excluding hydrogens is 238 g/mol. The normalized spacial score (nSPS) is 10.2.